The third kappa shape index (κ3) is 4.37. The fourth-order valence-electron chi connectivity index (χ4n) is 1.70. The fraction of sp³-hybridized carbons (Fsp3) is 0.538. The number of ether oxygens (including phenoxy) is 3. The van der Waals surface area contributed by atoms with Gasteiger partial charge >= 0.3 is 0 Å². The molecule has 0 fully saturated rings. The molecule has 1 aromatic carbocycles. The summed E-state index contributed by atoms with van der Waals surface area (Å²) in [5.74, 6) is 1.37. The van der Waals surface area contributed by atoms with Crippen molar-refractivity contribution in [3.8, 4) is 11.5 Å². The van der Waals surface area contributed by atoms with Gasteiger partial charge < -0.3 is 19.5 Å². The van der Waals surface area contributed by atoms with E-state index in [-0.39, 0.29) is 0 Å². The lowest BCUT2D eigenvalue weighted by Gasteiger charge is -2.14. The summed E-state index contributed by atoms with van der Waals surface area (Å²) >= 11 is 6.04. The molecular formula is C13H20ClNO3. The van der Waals surface area contributed by atoms with Crippen LogP contribution in [0.2, 0.25) is 5.02 Å². The van der Waals surface area contributed by atoms with Crippen molar-refractivity contribution in [1.29, 1.82) is 0 Å². The average molecular weight is 274 g/mol. The van der Waals surface area contributed by atoms with Crippen LogP contribution in [0.1, 0.15) is 12.0 Å². The predicted molar refractivity (Wildman–Crippen MR) is 72.8 cm³/mol. The molecule has 4 nitrogen and oxygen atoms in total. The lowest BCUT2D eigenvalue weighted by Crippen LogP contribution is -2.16. The van der Waals surface area contributed by atoms with E-state index in [1.807, 2.05) is 6.07 Å². The van der Waals surface area contributed by atoms with Gasteiger partial charge in [-0.25, -0.2) is 0 Å². The zero-order chi connectivity index (χ0) is 13.4. The van der Waals surface area contributed by atoms with Gasteiger partial charge in [-0.15, -0.1) is 0 Å². The molecule has 1 aromatic rings. The first-order valence-electron chi connectivity index (χ1n) is 5.83. The number of benzene rings is 1. The van der Waals surface area contributed by atoms with E-state index in [0.29, 0.717) is 17.3 Å². The molecule has 0 aliphatic carbocycles. The minimum Gasteiger partial charge on any atom is -0.493 e. The van der Waals surface area contributed by atoms with Crippen molar-refractivity contribution in [2.75, 3.05) is 34.5 Å². The van der Waals surface area contributed by atoms with Crippen molar-refractivity contribution in [3.05, 3.63) is 22.7 Å². The summed E-state index contributed by atoms with van der Waals surface area (Å²) in [5.41, 5.74) is 0.985. The minimum absolute atomic E-state index is 0.640. The van der Waals surface area contributed by atoms with Crippen LogP contribution in [0.4, 0.5) is 0 Å². The summed E-state index contributed by atoms with van der Waals surface area (Å²) in [6, 6.07) is 3.63. The molecule has 0 unspecified atom stereocenters. The lowest BCUT2D eigenvalue weighted by molar-refractivity contribution is 0.194. The van der Waals surface area contributed by atoms with Crippen LogP contribution >= 0.6 is 11.6 Å². The molecule has 0 spiro atoms. The second kappa shape index (κ2) is 8.19. The topological polar surface area (TPSA) is 39.7 Å². The molecule has 102 valence electrons. The van der Waals surface area contributed by atoms with Crippen molar-refractivity contribution in [3.63, 3.8) is 0 Å². The number of rotatable bonds is 8. The van der Waals surface area contributed by atoms with Crippen LogP contribution in [0.15, 0.2) is 12.1 Å². The lowest BCUT2D eigenvalue weighted by atomic mass is 10.2. The Balaban J connectivity index is 2.65. The van der Waals surface area contributed by atoms with Gasteiger partial charge in [-0.1, -0.05) is 11.6 Å². The molecule has 0 heterocycles. The number of hydrogen-bond acceptors (Lipinski definition) is 4. The van der Waals surface area contributed by atoms with E-state index in [9.17, 15) is 0 Å². The van der Waals surface area contributed by atoms with E-state index in [1.165, 1.54) is 0 Å². The highest BCUT2D eigenvalue weighted by atomic mass is 35.5. The van der Waals surface area contributed by atoms with E-state index in [1.54, 1.807) is 27.4 Å². The summed E-state index contributed by atoms with van der Waals surface area (Å²) in [7, 11) is 4.93. The van der Waals surface area contributed by atoms with Gasteiger partial charge in [0.15, 0.2) is 11.5 Å². The summed E-state index contributed by atoms with van der Waals surface area (Å²) < 4.78 is 15.6. The second-order valence-electron chi connectivity index (χ2n) is 3.82. The van der Waals surface area contributed by atoms with E-state index < -0.39 is 0 Å². The predicted octanol–water partition coefficient (Wildman–Crippen LogP) is 2.48. The van der Waals surface area contributed by atoms with Crippen molar-refractivity contribution in [2.24, 2.45) is 0 Å². The Kier molecular flexibility index (Phi) is 6.86. The van der Waals surface area contributed by atoms with E-state index in [2.05, 4.69) is 5.32 Å². The van der Waals surface area contributed by atoms with E-state index in [4.69, 9.17) is 25.8 Å². The standard InChI is InChI=1S/C13H20ClNO3/c1-16-6-4-5-15-9-10-7-11(14)8-12(17-2)13(10)18-3/h7-8,15H,4-6,9H2,1-3H3. The molecule has 0 bridgehead atoms. The van der Waals surface area contributed by atoms with Gasteiger partial charge in [-0.3, -0.25) is 0 Å². The first-order valence-corrected chi connectivity index (χ1v) is 6.20. The number of nitrogens with one attached hydrogen (secondary N) is 1. The van der Waals surface area contributed by atoms with Crippen LogP contribution in [0, 0.1) is 0 Å². The maximum atomic E-state index is 6.04. The molecule has 0 radical (unpaired) electrons. The summed E-state index contributed by atoms with van der Waals surface area (Å²) in [4.78, 5) is 0. The average Bonchev–Trinajstić information content (AvgIpc) is 2.37. The molecule has 0 amide bonds. The quantitative estimate of drug-likeness (QED) is 0.739. The molecule has 1 N–H and O–H groups in total. The monoisotopic (exact) mass is 273 g/mol. The Morgan fingerprint density at radius 1 is 1.17 bits per heavy atom. The molecule has 0 aromatic heterocycles. The van der Waals surface area contributed by atoms with E-state index >= 15 is 0 Å². The summed E-state index contributed by atoms with van der Waals surface area (Å²) in [5, 5.41) is 3.96. The molecule has 1 rings (SSSR count). The van der Waals surface area contributed by atoms with Gasteiger partial charge in [0.25, 0.3) is 0 Å². The number of hydrogen-bond donors (Lipinski definition) is 1. The Labute approximate surface area is 113 Å². The molecule has 18 heavy (non-hydrogen) atoms. The van der Waals surface area contributed by atoms with Gasteiger partial charge in [0, 0.05) is 36.9 Å². The van der Waals surface area contributed by atoms with Crippen LogP contribution in [-0.4, -0.2) is 34.5 Å². The zero-order valence-corrected chi connectivity index (χ0v) is 11.8. The van der Waals surface area contributed by atoms with Gasteiger partial charge in [0.05, 0.1) is 14.2 Å². The van der Waals surface area contributed by atoms with Gasteiger partial charge in [-0.2, -0.15) is 0 Å². The van der Waals surface area contributed by atoms with Crippen LogP contribution < -0.4 is 14.8 Å². The smallest absolute Gasteiger partial charge is 0.165 e. The van der Waals surface area contributed by atoms with Gasteiger partial charge in [0.2, 0.25) is 0 Å². The van der Waals surface area contributed by atoms with Crippen molar-refractivity contribution in [2.45, 2.75) is 13.0 Å². The molecule has 0 aliphatic heterocycles. The molecule has 5 heteroatoms. The third-order valence-corrected chi connectivity index (χ3v) is 2.76. The molecule has 0 saturated heterocycles. The molecule has 0 aliphatic rings. The van der Waals surface area contributed by atoms with Crippen LogP contribution in [0.3, 0.4) is 0 Å². The number of methoxy groups -OCH3 is 3. The maximum absolute atomic E-state index is 6.04. The Morgan fingerprint density at radius 3 is 2.56 bits per heavy atom. The Hall–Kier alpha value is -0.970. The Morgan fingerprint density at radius 2 is 1.94 bits per heavy atom. The maximum Gasteiger partial charge on any atom is 0.165 e. The van der Waals surface area contributed by atoms with Crippen LogP contribution in [-0.2, 0) is 11.3 Å². The highest BCUT2D eigenvalue weighted by Gasteiger charge is 2.11. The first kappa shape index (κ1) is 15.1. The van der Waals surface area contributed by atoms with Crippen molar-refractivity contribution < 1.29 is 14.2 Å². The third-order valence-electron chi connectivity index (χ3n) is 2.54. The van der Waals surface area contributed by atoms with Crippen molar-refractivity contribution >= 4 is 11.6 Å². The van der Waals surface area contributed by atoms with Gasteiger partial charge in [-0.05, 0) is 19.0 Å². The second-order valence-corrected chi connectivity index (χ2v) is 4.26. The normalized spacial score (nSPS) is 10.4. The van der Waals surface area contributed by atoms with Crippen LogP contribution in [0.25, 0.3) is 0 Å². The first-order chi connectivity index (χ1) is 8.72. The molecular weight excluding hydrogens is 254 g/mol. The minimum atomic E-state index is 0.640. The fourth-order valence-corrected chi connectivity index (χ4v) is 1.93. The zero-order valence-electron chi connectivity index (χ0n) is 11.1. The summed E-state index contributed by atoms with van der Waals surface area (Å²) in [6.07, 6.45) is 0.969. The van der Waals surface area contributed by atoms with Crippen LogP contribution in [0.5, 0.6) is 11.5 Å². The Bertz CT molecular complexity index is 371. The van der Waals surface area contributed by atoms with Crippen molar-refractivity contribution in [1.82, 2.24) is 5.32 Å². The largest absolute Gasteiger partial charge is 0.493 e. The molecule has 0 saturated carbocycles. The SMILES string of the molecule is COCCCNCc1cc(Cl)cc(OC)c1OC. The summed E-state index contributed by atoms with van der Waals surface area (Å²) in [6.45, 7) is 2.32. The highest BCUT2D eigenvalue weighted by Crippen LogP contribution is 2.34. The molecule has 0 atom stereocenters. The highest BCUT2D eigenvalue weighted by molar-refractivity contribution is 6.30. The van der Waals surface area contributed by atoms with E-state index in [0.717, 1.165) is 30.9 Å². The number of halogens is 1. The van der Waals surface area contributed by atoms with Gasteiger partial charge in [0.1, 0.15) is 0 Å².